The number of carbonyl (C=O) groups excluding carboxylic acids is 2. The molecule has 0 radical (unpaired) electrons. The second-order valence-corrected chi connectivity index (χ2v) is 10.1. The number of hydrogen-bond acceptors (Lipinski definition) is 6. The van der Waals surface area contributed by atoms with Crippen LogP contribution < -0.4 is 9.47 Å². The van der Waals surface area contributed by atoms with Crippen molar-refractivity contribution in [2.75, 3.05) is 13.7 Å². The van der Waals surface area contributed by atoms with Gasteiger partial charge in [-0.1, -0.05) is 42.5 Å². The number of imide groups is 1. The predicted octanol–water partition coefficient (Wildman–Crippen LogP) is 6.40. The fraction of sp³-hybridized carbons (Fsp3) is 0.179. The van der Waals surface area contributed by atoms with Crippen LogP contribution in [-0.4, -0.2) is 40.8 Å². The zero-order valence-corrected chi connectivity index (χ0v) is 22.4. The molecule has 0 aromatic heterocycles. The van der Waals surface area contributed by atoms with Crippen LogP contribution in [0.4, 0.5) is 4.79 Å². The van der Waals surface area contributed by atoms with Gasteiger partial charge in [-0.05, 0) is 87.6 Å². The first-order valence-electron chi connectivity index (χ1n) is 11.5. The molecule has 0 aliphatic carbocycles. The molecule has 1 aliphatic rings. The third-order valence-corrected chi connectivity index (χ3v) is 7.19. The van der Waals surface area contributed by atoms with Crippen LogP contribution in [0.15, 0.2) is 76.1 Å². The maximum Gasteiger partial charge on any atom is 0.335 e. The van der Waals surface area contributed by atoms with E-state index < -0.39 is 5.97 Å². The third kappa shape index (κ3) is 6.61. The molecule has 7 nitrogen and oxygen atoms in total. The molecule has 9 heteroatoms. The average molecular weight is 582 g/mol. The van der Waals surface area contributed by atoms with E-state index in [1.165, 1.54) is 29.7 Å². The smallest absolute Gasteiger partial charge is 0.335 e. The van der Waals surface area contributed by atoms with Gasteiger partial charge < -0.3 is 14.6 Å². The summed E-state index contributed by atoms with van der Waals surface area (Å²) in [6, 6.07) is 19.9. The summed E-state index contributed by atoms with van der Waals surface area (Å²) < 4.78 is 12.0. The monoisotopic (exact) mass is 581 g/mol. The van der Waals surface area contributed by atoms with Crippen molar-refractivity contribution in [2.45, 2.75) is 19.4 Å². The van der Waals surface area contributed by atoms with Gasteiger partial charge in [0.2, 0.25) is 0 Å². The summed E-state index contributed by atoms with van der Waals surface area (Å²) in [5, 5.41) is 8.77. The molecule has 1 fully saturated rings. The number of benzene rings is 3. The van der Waals surface area contributed by atoms with E-state index >= 15 is 0 Å². The Morgan fingerprint density at radius 3 is 2.46 bits per heavy atom. The number of halogens is 1. The van der Waals surface area contributed by atoms with Crippen molar-refractivity contribution < 1.29 is 29.0 Å². The minimum absolute atomic E-state index is 0.201. The van der Waals surface area contributed by atoms with Gasteiger partial charge in [0.05, 0.1) is 22.1 Å². The Balaban J connectivity index is 1.43. The number of nitrogens with zero attached hydrogens (tertiary/aromatic N) is 1. The quantitative estimate of drug-likeness (QED) is 0.277. The number of carboxylic acids is 1. The van der Waals surface area contributed by atoms with Gasteiger partial charge in [-0.3, -0.25) is 14.5 Å². The highest BCUT2D eigenvalue weighted by Gasteiger charge is 2.34. The summed E-state index contributed by atoms with van der Waals surface area (Å²) in [4.78, 5) is 38.1. The highest BCUT2D eigenvalue weighted by atomic mass is 79.9. The number of rotatable bonds is 10. The van der Waals surface area contributed by atoms with E-state index in [4.69, 9.17) is 14.6 Å². The summed E-state index contributed by atoms with van der Waals surface area (Å²) >= 11 is 4.43. The van der Waals surface area contributed by atoms with Gasteiger partial charge >= 0.3 is 5.97 Å². The van der Waals surface area contributed by atoms with E-state index in [-0.39, 0.29) is 23.3 Å². The highest BCUT2D eigenvalue weighted by Crippen LogP contribution is 2.39. The van der Waals surface area contributed by atoms with Crippen LogP contribution in [0.3, 0.4) is 0 Å². The first-order chi connectivity index (χ1) is 17.9. The topological polar surface area (TPSA) is 93.1 Å². The molecule has 37 heavy (non-hydrogen) atoms. The first kappa shape index (κ1) is 26.5. The molecule has 2 amide bonds. The lowest BCUT2D eigenvalue weighted by Gasteiger charge is -2.14. The van der Waals surface area contributed by atoms with Crippen LogP contribution in [-0.2, 0) is 17.8 Å². The summed E-state index contributed by atoms with van der Waals surface area (Å²) in [5.74, 6) is -0.373. The number of hydrogen-bond donors (Lipinski definition) is 1. The van der Waals surface area contributed by atoms with E-state index in [9.17, 15) is 14.4 Å². The lowest BCUT2D eigenvalue weighted by Crippen LogP contribution is -2.29. The standard InChI is InChI=1S/C28H24BrNO6S/c1-35-23-15-20(14-22(29)25(23)36-17-19-9-11-21(12-10-19)27(32)33)16-24-26(31)30(28(34)37-24)13-5-8-18-6-3-2-4-7-18/h2-4,6-7,9-12,14-16H,5,8,13,17H2,1H3,(H,32,33)/b24-16+. The van der Waals surface area contributed by atoms with Crippen molar-refractivity contribution in [1.29, 1.82) is 0 Å². The molecule has 0 atom stereocenters. The number of carbonyl (C=O) groups is 3. The zero-order valence-electron chi connectivity index (χ0n) is 20.0. The van der Waals surface area contributed by atoms with Crippen molar-refractivity contribution in [3.63, 3.8) is 0 Å². The Bertz CT molecular complexity index is 1340. The first-order valence-corrected chi connectivity index (χ1v) is 13.1. The van der Waals surface area contributed by atoms with Crippen LogP contribution in [0.1, 0.15) is 33.5 Å². The van der Waals surface area contributed by atoms with Crippen LogP contribution in [0, 0.1) is 0 Å². The zero-order chi connectivity index (χ0) is 26.4. The number of aromatic carboxylic acids is 1. The minimum Gasteiger partial charge on any atom is -0.493 e. The fourth-order valence-electron chi connectivity index (χ4n) is 3.79. The molecule has 1 aliphatic heterocycles. The molecule has 3 aromatic carbocycles. The van der Waals surface area contributed by atoms with E-state index in [0.717, 1.165) is 23.7 Å². The molecule has 190 valence electrons. The number of methoxy groups -OCH3 is 1. The normalized spacial score (nSPS) is 14.3. The molecule has 1 heterocycles. The van der Waals surface area contributed by atoms with Crippen molar-refractivity contribution in [1.82, 2.24) is 4.90 Å². The Morgan fingerprint density at radius 1 is 1.05 bits per heavy atom. The Labute approximate surface area is 227 Å². The van der Waals surface area contributed by atoms with E-state index in [2.05, 4.69) is 15.9 Å². The Kier molecular flexibility index (Phi) is 8.68. The number of ether oxygens (including phenoxy) is 2. The van der Waals surface area contributed by atoms with Gasteiger partial charge in [0.1, 0.15) is 6.61 Å². The maximum absolute atomic E-state index is 12.9. The van der Waals surface area contributed by atoms with Crippen molar-refractivity contribution >= 4 is 50.9 Å². The van der Waals surface area contributed by atoms with Gasteiger partial charge in [0.15, 0.2) is 11.5 Å². The van der Waals surface area contributed by atoms with Gasteiger partial charge in [-0.25, -0.2) is 4.79 Å². The summed E-state index contributed by atoms with van der Waals surface area (Å²) in [6.07, 6.45) is 3.15. The molecule has 0 saturated carbocycles. The minimum atomic E-state index is -0.988. The lowest BCUT2D eigenvalue weighted by atomic mass is 10.1. The SMILES string of the molecule is COc1cc(/C=C2/SC(=O)N(CCCc3ccccc3)C2=O)cc(Br)c1OCc1ccc(C(=O)O)cc1. The molecule has 1 saturated heterocycles. The molecule has 0 spiro atoms. The number of amides is 2. The van der Waals surface area contributed by atoms with Gasteiger partial charge in [0.25, 0.3) is 11.1 Å². The molecule has 1 N–H and O–H groups in total. The highest BCUT2D eigenvalue weighted by molar-refractivity contribution is 9.10. The summed E-state index contributed by atoms with van der Waals surface area (Å²) in [6.45, 7) is 0.570. The van der Waals surface area contributed by atoms with Gasteiger partial charge in [-0.15, -0.1) is 0 Å². The van der Waals surface area contributed by atoms with Crippen LogP contribution >= 0.6 is 27.7 Å². The second-order valence-electron chi connectivity index (χ2n) is 8.25. The van der Waals surface area contributed by atoms with Crippen molar-refractivity contribution in [3.8, 4) is 11.5 Å². The van der Waals surface area contributed by atoms with Crippen LogP contribution in [0.25, 0.3) is 6.08 Å². The second kappa shape index (κ2) is 12.1. The van der Waals surface area contributed by atoms with E-state index in [0.29, 0.717) is 39.4 Å². The number of aryl methyl sites for hydroxylation is 1. The third-order valence-electron chi connectivity index (χ3n) is 5.70. The van der Waals surface area contributed by atoms with Crippen LogP contribution in [0.5, 0.6) is 11.5 Å². The Morgan fingerprint density at radius 2 is 1.78 bits per heavy atom. The Hall–Kier alpha value is -3.56. The van der Waals surface area contributed by atoms with Crippen LogP contribution in [0.2, 0.25) is 0 Å². The van der Waals surface area contributed by atoms with Gasteiger partial charge in [0, 0.05) is 6.54 Å². The number of thioether (sulfide) groups is 1. The predicted molar refractivity (Wildman–Crippen MR) is 146 cm³/mol. The fourth-order valence-corrected chi connectivity index (χ4v) is 5.23. The van der Waals surface area contributed by atoms with Crippen molar-refractivity contribution in [2.24, 2.45) is 0 Å². The van der Waals surface area contributed by atoms with E-state index in [1.54, 1.807) is 30.3 Å². The largest absolute Gasteiger partial charge is 0.493 e. The van der Waals surface area contributed by atoms with E-state index in [1.807, 2.05) is 30.3 Å². The lowest BCUT2D eigenvalue weighted by molar-refractivity contribution is -0.122. The molecular formula is C28H24BrNO6S. The van der Waals surface area contributed by atoms with Crippen molar-refractivity contribution in [3.05, 3.63) is 98.4 Å². The molecule has 3 aromatic rings. The molecule has 4 rings (SSSR count). The molecule has 0 bridgehead atoms. The summed E-state index contributed by atoms with van der Waals surface area (Å²) in [5.41, 5.74) is 2.84. The number of carboxylic acid groups (broad SMARTS) is 1. The molecular weight excluding hydrogens is 558 g/mol. The maximum atomic E-state index is 12.9. The molecule has 0 unspecified atom stereocenters. The average Bonchev–Trinajstić information content (AvgIpc) is 3.16. The van der Waals surface area contributed by atoms with Gasteiger partial charge in [-0.2, -0.15) is 0 Å². The summed E-state index contributed by atoms with van der Waals surface area (Å²) in [7, 11) is 1.51.